The van der Waals surface area contributed by atoms with Crippen molar-refractivity contribution in [3.8, 4) is 45.4 Å². The lowest BCUT2D eigenvalue weighted by Gasteiger charge is -2.17. The minimum absolute atomic E-state index is 0.768. The molecule has 6 nitrogen and oxygen atoms in total. The molecule has 0 radical (unpaired) electrons. The zero-order chi connectivity index (χ0) is 28.3. The maximum Gasteiger partial charge on any atom is 0.141 e. The molecule has 0 spiro atoms. The van der Waals surface area contributed by atoms with Gasteiger partial charge in [0.2, 0.25) is 0 Å². The van der Waals surface area contributed by atoms with Crippen LogP contribution in [0.4, 0.5) is 0 Å². The Morgan fingerprint density at radius 3 is 2.16 bits per heavy atom. The molecule has 9 rings (SSSR count). The average Bonchev–Trinajstić information content (AvgIpc) is 3.83. The lowest BCUT2D eigenvalue weighted by atomic mass is 9.93. The molecular weight excluding hydrogens is 528 g/mol. The molecule has 0 aliphatic heterocycles. The summed E-state index contributed by atoms with van der Waals surface area (Å²) >= 11 is 0. The van der Waals surface area contributed by atoms with Gasteiger partial charge in [0.15, 0.2) is 0 Å². The van der Waals surface area contributed by atoms with Gasteiger partial charge < -0.3 is 15.0 Å². The van der Waals surface area contributed by atoms with Crippen molar-refractivity contribution < 1.29 is 0 Å². The fourth-order valence-corrected chi connectivity index (χ4v) is 6.18. The SMILES string of the molecule is c1c[nH]c(-c2cccc3c(-c4ccc5ccccc5n4)nc(-c4cc5ccccc5[nH]4)c(-c4nc5ccccc5[nH]4)c23)c1. The predicted octanol–water partition coefficient (Wildman–Crippen LogP) is 9.14. The van der Waals surface area contributed by atoms with Gasteiger partial charge >= 0.3 is 0 Å². The van der Waals surface area contributed by atoms with E-state index in [9.17, 15) is 0 Å². The second-order valence-electron chi connectivity index (χ2n) is 10.8. The van der Waals surface area contributed by atoms with Crippen molar-refractivity contribution in [1.29, 1.82) is 0 Å². The maximum atomic E-state index is 5.45. The molecule has 5 heterocycles. The molecular formula is C37H24N6. The number of hydrogen-bond donors (Lipinski definition) is 3. The molecule has 43 heavy (non-hydrogen) atoms. The van der Waals surface area contributed by atoms with Gasteiger partial charge in [0.05, 0.1) is 44.9 Å². The van der Waals surface area contributed by atoms with Gasteiger partial charge in [-0.05, 0) is 48.5 Å². The number of para-hydroxylation sites is 4. The Hall–Kier alpha value is -6.01. The van der Waals surface area contributed by atoms with Crippen LogP contribution < -0.4 is 0 Å². The molecule has 4 aromatic carbocycles. The van der Waals surface area contributed by atoms with E-state index in [1.165, 1.54) is 0 Å². The highest BCUT2D eigenvalue weighted by atomic mass is 14.9. The van der Waals surface area contributed by atoms with Gasteiger partial charge in [0.1, 0.15) is 5.82 Å². The van der Waals surface area contributed by atoms with E-state index in [2.05, 4.69) is 87.7 Å². The van der Waals surface area contributed by atoms with Crippen LogP contribution in [-0.2, 0) is 0 Å². The third kappa shape index (κ3) is 3.77. The van der Waals surface area contributed by atoms with Crippen LogP contribution in [0.3, 0.4) is 0 Å². The Kier molecular flexibility index (Phi) is 5.10. The van der Waals surface area contributed by atoms with Crippen LogP contribution in [0.15, 0.2) is 128 Å². The van der Waals surface area contributed by atoms with E-state index in [4.69, 9.17) is 15.0 Å². The van der Waals surface area contributed by atoms with Crippen LogP contribution in [-0.4, -0.2) is 29.9 Å². The molecule has 5 aromatic heterocycles. The zero-order valence-electron chi connectivity index (χ0n) is 23.0. The fraction of sp³-hybridized carbons (Fsp3) is 0. The molecule has 0 saturated carbocycles. The highest BCUT2D eigenvalue weighted by Crippen LogP contribution is 2.44. The molecule has 3 N–H and O–H groups in total. The minimum Gasteiger partial charge on any atom is -0.361 e. The van der Waals surface area contributed by atoms with Crippen molar-refractivity contribution in [1.82, 2.24) is 29.9 Å². The highest BCUT2D eigenvalue weighted by molar-refractivity contribution is 6.14. The number of nitrogens with zero attached hydrogens (tertiary/aromatic N) is 3. The van der Waals surface area contributed by atoms with E-state index >= 15 is 0 Å². The largest absolute Gasteiger partial charge is 0.361 e. The number of aromatic amines is 3. The molecule has 0 aliphatic rings. The molecule has 6 heteroatoms. The summed E-state index contributed by atoms with van der Waals surface area (Å²) in [6, 6.07) is 41.5. The first-order valence-corrected chi connectivity index (χ1v) is 14.3. The summed E-state index contributed by atoms with van der Waals surface area (Å²) in [6.45, 7) is 0. The lowest BCUT2D eigenvalue weighted by molar-refractivity contribution is 1.26. The van der Waals surface area contributed by atoms with E-state index in [-0.39, 0.29) is 0 Å². The second kappa shape index (κ2) is 9.26. The summed E-state index contributed by atoms with van der Waals surface area (Å²) in [4.78, 5) is 26.4. The third-order valence-electron chi connectivity index (χ3n) is 8.17. The number of benzene rings is 4. The number of fused-ring (bicyclic) bond motifs is 4. The zero-order valence-corrected chi connectivity index (χ0v) is 23.0. The normalized spacial score (nSPS) is 11.7. The average molecular weight is 553 g/mol. The molecule has 202 valence electrons. The van der Waals surface area contributed by atoms with Crippen LogP contribution in [0, 0.1) is 0 Å². The Bertz CT molecular complexity index is 2400. The monoisotopic (exact) mass is 552 g/mol. The number of imidazole rings is 1. The van der Waals surface area contributed by atoms with E-state index in [1.807, 2.05) is 54.7 Å². The quantitative estimate of drug-likeness (QED) is 0.203. The molecule has 0 aliphatic carbocycles. The number of hydrogen-bond acceptors (Lipinski definition) is 3. The van der Waals surface area contributed by atoms with Crippen molar-refractivity contribution in [2.24, 2.45) is 0 Å². The Morgan fingerprint density at radius 1 is 0.512 bits per heavy atom. The first-order valence-electron chi connectivity index (χ1n) is 14.3. The summed E-state index contributed by atoms with van der Waals surface area (Å²) in [7, 11) is 0. The summed E-state index contributed by atoms with van der Waals surface area (Å²) in [5, 5.41) is 4.28. The van der Waals surface area contributed by atoms with Crippen molar-refractivity contribution in [2.45, 2.75) is 0 Å². The van der Waals surface area contributed by atoms with Gasteiger partial charge in [-0.2, -0.15) is 0 Å². The van der Waals surface area contributed by atoms with Crippen molar-refractivity contribution in [2.75, 3.05) is 0 Å². The number of nitrogens with one attached hydrogen (secondary N) is 3. The summed E-state index contributed by atoms with van der Waals surface area (Å²) in [5.41, 5.74) is 10.3. The van der Waals surface area contributed by atoms with Crippen molar-refractivity contribution in [3.05, 3.63) is 128 Å². The molecule has 0 bridgehead atoms. The van der Waals surface area contributed by atoms with Crippen LogP contribution in [0.5, 0.6) is 0 Å². The fourth-order valence-electron chi connectivity index (χ4n) is 6.18. The highest BCUT2D eigenvalue weighted by Gasteiger charge is 2.24. The number of aromatic nitrogens is 6. The molecule has 0 saturated heterocycles. The van der Waals surface area contributed by atoms with Gasteiger partial charge in [0.25, 0.3) is 0 Å². The smallest absolute Gasteiger partial charge is 0.141 e. The van der Waals surface area contributed by atoms with Crippen molar-refractivity contribution >= 4 is 43.6 Å². The van der Waals surface area contributed by atoms with E-state index in [0.717, 1.165) is 89.0 Å². The van der Waals surface area contributed by atoms with E-state index < -0.39 is 0 Å². The summed E-state index contributed by atoms with van der Waals surface area (Å²) < 4.78 is 0. The van der Waals surface area contributed by atoms with Gasteiger partial charge in [-0.3, -0.25) is 0 Å². The van der Waals surface area contributed by atoms with Gasteiger partial charge in [-0.15, -0.1) is 0 Å². The van der Waals surface area contributed by atoms with Gasteiger partial charge in [-0.1, -0.05) is 72.8 Å². The number of H-pyrrole nitrogens is 3. The molecule has 0 amide bonds. The topological polar surface area (TPSA) is 86.0 Å². The summed E-state index contributed by atoms with van der Waals surface area (Å²) in [5.74, 6) is 0.768. The van der Waals surface area contributed by atoms with Crippen molar-refractivity contribution in [3.63, 3.8) is 0 Å². The lowest BCUT2D eigenvalue weighted by Crippen LogP contribution is -2.00. The summed E-state index contributed by atoms with van der Waals surface area (Å²) in [6.07, 6.45) is 1.96. The van der Waals surface area contributed by atoms with Crippen LogP contribution >= 0.6 is 0 Å². The van der Waals surface area contributed by atoms with Gasteiger partial charge in [0, 0.05) is 44.5 Å². The third-order valence-corrected chi connectivity index (χ3v) is 8.17. The van der Waals surface area contributed by atoms with Crippen LogP contribution in [0.25, 0.3) is 89.0 Å². The number of rotatable bonds is 4. The molecule has 0 atom stereocenters. The minimum atomic E-state index is 0.768. The van der Waals surface area contributed by atoms with Crippen LogP contribution in [0.2, 0.25) is 0 Å². The van der Waals surface area contributed by atoms with Gasteiger partial charge in [-0.25, -0.2) is 15.0 Å². The maximum absolute atomic E-state index is 5.45. The predicted molar refractivity (Wildman–Crippen MR) is 175 cm³/mol. The Labute approximate surface area is 246 Å². The van der Waals surface area contributed by atoms with E-state index in [0.29, 0.717) is 0 Å². The second-order valence-corrected chi connectivity index (χ2v) is 10.8. The first-order chi connectivity index (χ1) is 21.3. The standard InChI is InChI=1S/C37H24N6/c1-3-13-26-22(9-1)18-19-31(39-26)35-25-12-7-11-24(28-17-8-20-38-28)33(25)34(37-41-29-15-5-6-16-30(29)42-37)36(43-35)32-21-23-10-2-4-14-27(23)40-32/h1-21,38,40H,(H,41,42). The Balaban J connectivity index is 1.46. The van der Waals surface area contributed by atoms with E-state index in [1.54, 1.807) is 0 Å². The van der Waals surface area contributed by atoms with Crippen LogP contribution in [0.1, 0.15) is 0 Å². The number of pyridine rings is 2. The molecule has 9 aromatic rings. The first kappa shape index (κ1) is 23.7. The Morgan fingerprint density at radius 2 is 1.33 bits per heavy atom. The molecule has 0 unspecified atom stereocenters. The molecule has 0 fully saturated rings.